The topological polar surface area (TPSA) is 137 Å². The lowest BCUT2D eigenvalue weighted by molar-refractivity contribution is -0.149. The molecule has 2 aromatic carbocycles. The molecule has 0 radical (unpaired) electrons. The van der Waals surface area contributed by atoms with Crippen LogP contribution in [-0.4, -0.2) is 43.1 Å². The lowest BCUT2D eigenvalue weighted by atomic mass is 10.1. The molecule has 2 rings (SSSR count). The van der Waals surface area contributed by atoms with E-state index in [9.17, 15) is 19.2 Å². The number of carbonyl (C=O) groups excluding carboxylic acids is 4. The van der Waals surface area contributed by atoms with E-state index < -0.39 is 36.5 Å². The first kappa shape index (κ1) is 22.4. The van der Waals surface area contributed by atoms with Crippen molar-refractivity contribution in [3.8, 4) is 0 Å². The highest BCUT2D eigenvalue weighted by Crippen LogP contribution is 2.16. The lowest BCUT2D eigenvalue weighted by Crippen LogP contribution is -2.46. The number of urea groups is 1. The van der Waals surface area contributed by atoms with Gasteiger partial charge < -0.3 is 25.8 Å². The number of esters is 2. The minimum atomic E-state index is -1.05. The Balaban J connectivity index is 1.97. The summed E-state index contributed by atoms with van der Waals surface area (Å²) in [6.45, 7) is 1.25. The molecule has 0 spiro atoms. The fraction of sp³-hybridized carbons (Fsp3) is 0.238. The van der Waals surface area contributed by atoms with Crippen LogP contribution in [0.1, 0.15) is 22.8 Å². The highest BCUT2D eigenvalue weighted by molar-refractivity contribution is 6.02. The van der Waals surface area contributed by atoms with Crippen LogP contribution in [0.2, 0.25) is 0 Å². The third-order valence-corrected chi connectivity index (χ3v) is 3.93. The number of ether oxygens (including phenoxy) is 2. The van der Waals surface area contributed by atoms with Crippen LogP contribution in [0.3, 0.4) is 0 Å². The molecule has 0 fully saturated rings. The summed E-state index contributed by atoms with van der Waals surface area (Å²) in [5.74, 6) is -2.05. The summed E-state index contributed by atoms with van der Waals surface area (Å²) >= 11 is 0. The van der Waals surface area contributed by atoms with E-state index >= 15 is 0 Å². The van der Waals surface area contributed by atoms with Crippen molar-refractivity contribution >= 4 is 29.6 Å². The number of rotatable bonds is 9. The Morgan fingerprint density at radius 3 is 2.30 bits per heavy atom. The van der Waals surface area contributed by atoms with E-state index in [2.05, 4.69) is 10.6 Å². The summed E-state index contributed by atoms with van der Waals surface area (Å²) in [7, 11) is 0. The van der Waals surface area contributed by atoms with Crippen molar-refractivity contribution in [1.29, 1.82) is 0 Å². The number of primary amides is 1. The molecule has 3 amide bonds. The number of hydrogen-bond donors (Lipinski definition) is 3. The smallest absolute Gasteiger partial charge is 0.340 e. The van der Waals surface area contributed by atoms with Crippen LogP contribution in [0, 0.1) is 0 Å². The fourth-order valence-electron chi connectivity index (χ4n) is 2.62. The van der Waals surface area contributed by atoms with E-state index in [0.717, 1.165) is 5.56 Å². The number of carbonyl (C=O) groups is 4. The van der Waals surface area contributed by atoms with E-state index in [0.29, 0.717) is 0 Å². The molecule has 9 heteroatoms. The third-order valence-electron chi connectivity index (χ3n) is 3.93. The molecule has 0 unspecified atom stereocenters. The summed E-state index contributed by atoms with van der Waals surface area (Å²) in [4.78, 5) is 47.7. The molecule has 0 aliphatic carbocycles. The molecule has 158 valence electrons. The molecule has 30 heavy (non-hydrogen) atoms. The Morgan fingerprint density at radius 2 is 1.63 bits per heavy atom. The second-order valence-corrected chi connectivity index (χ2v) is 6.17. The Hall–Kier alpha value is -3.88. The van der Waals surface area contributed by atoms with Crippen molar-refractivity contribution in [3.63, 3.8) is 0 Å². The van der Waals surface area contributed by atoms with Crippen molar-refractivity contribution < 1.29 is 28.7 Å². The molecule has 1 atom stereocenters. The Kier molecular flexibility index (Phi) is 8.37. The molecular weight excluding hydrogens is 390 g/mol. The molecule has 0 saturated heterocycles. The maximum absolute atomic E-state index is 12.4. The number of nitrogens with one attached hydrogen (secondary N) is 2. The molecule has 9 nitrogen and oxygen atoms in total. The van der Waals surface area contributed by atoms with Gasteiger partial charge in [-0.2, -0.15) is 0 Å². The highest BCUT2D eigenvalue weighted by atomic mass is 16.5. The van der Waals surface area contributed by atoms with Gasteiger partial charge in [0.1, 0.15) is 6.04 Å². The first-order valence-electron chi connectivity index (χ1n) is 9.23. The van der Waals surface area contributed by atoms with Crippen molar-refractivity contribution in [2.24, 2.45) is 5.73 Å². The van der Waals surface area contributed by atoms with Gasteiger partial charge in [0.2, 0.25) is 0 Å². The van der Waals surface area contributed by atoms with Gasteiger partial charge in [-0.15, -0.1) is 0 Å². The van der Waals surface area contributed by atoms with Gasteiger partial charge in [-0.05, 0) is 24.6 Å². The monoisotopic (exact) mass is 413 g/mol. The summed E-state index contributed by atoms with van der Waals surface area (Å²) < 4.78 is 9.97. The number of nitrogens with two attached hydrogens (primary N) is 1. The van der Waals surface area contributed by atoms with Crippen LogP contribution in [0.15, 0.2) is 54.6 Å². The van der Waals surface area contributed by atoms with E-state index in [1.807, 2.05) is 6.07 Å². The molecule has 0 saturated carbocycles. The van der Waals surface area contributed by atoms with Crippen molar-refractivity contribution in [2.45, 2.75) is 19.4 Å². The van der Waals surface area contributed by atoms with Crippen molar-refractivity contribution in [1.82, 2.24) is 5.32 Å². The summed E-state index contributed by atoms with van der Waals surface area (Å²) in [6, 6.07) is 13.3. The molecule has 0 heterocycles. The zero-order valence-electron chi connectivity index (χ0n) is 16.4. The number of benzene rings is 2. The zero-order valence-corrected chi connectivity index (χ0v) is 16.4. The Bertz CT molecular complexity index is 901. The average molecular weight is 413 g/mol. The number of para-hydroxylation sites is 1. The van der Waals surface area contributed by atoms with E-state index in [-0.39, 0.29) is 24.3 Å². The molecule has 0 aliphatic rings. The highest BCUT2D eigenvalue weighted by Gasteiger charge is 2.23. The van der Waals surface area contributed by atoms with Crippen LogP contribution in [-0.2, 0) is 25.5 Å². The SMILES string of the molecule is CCOC(=O)c1ccccc1NC(=O)COC(=O)[C@H](Cc1ccccc1)NC(N)=O. The largest absolute Gasteiger partial charge is 0.462 e. The van der Waals surface area contributed by atoms with Crippen LogP contribution in [0.4, 0.5) is 10.5 Å². The molecule has 0 bridgehead atoms. The van der Waals surface area contributed by atoms with Gasteiger partial charge >= 0.3 is 18.0 Å². The molecular formula is C21H23N3O6. The number of hydrogen-bond acceptors (Lipinski definition) is 6. The van der Waals surface area contributed by atoms with Gasteiger partial charge in [-0.1, -0.05) is 42.5 Å². The van der Waals surface area contributed by atoms with Gasteiger partial charge in [0.25, 0.3) is 5.91 Å². The maximum atomic E-state index is 12.4. The standard InChI is InChI=1S/C21H23N3O6/c1-2-29-19(26)15-10-6-7-11-16(15)23-18(25)13-30-20(27)17(24-21(22)28)12-14-8-4-3-5-9-14/h3-11,17H,2,12-13H2,1H3,(H,23,25)(H3,22,24,28)/t17-/m0/s1. The van der Waals surface area contributed by atoms with Crippen molar-refractivity contribution in [3.05, 3.63) is 65.7 Å². The van der Waals surface area contributed by atoms with Crippen LogP contribution < -0.4 is 16.4 Å². The third kappa shape index (κ3) is 6.93. The second-order valence-electron chi connectivity index (χ2n) is 6.17. The van der Waals surface area contributed by atoms with Gasteiger partial charge in [-0.25, -0.2) is 14.4 Å². The first-order chi connectivity index (χ1) is 14.4. The number of anilines is 1. The Labute approximate surface area is 173 Å². The van der Waals surface area contributed by atoms with Gasteiger partial charge in [0.05, 0.1) is 17.9 Å². The van der Waals surface area contributed by atoms with Gasteiger partial charge in [-0.3, -0.25) is 4.79 Å². The molecule has 4 N–H and O–H groups in total. The summed E-state index contributed by atoms with van der Waals surface area (Å²) in [6.07, 6.45) is 0.149. The van der Waals surface area contributed by atoms with Crippen molar-refractivity contribution in [2.75, 3.05) is 18.5 Å². The minimum absolute atomic E-state index is 0.149. The molecule has 0 aromatic heterocycles. The summed E-state index contributed by atoms with van der Waals surface area (Å²) in [5, 5.41) is 4.82. The van der Waals surface area contributed by atoms with Crippen LogP contribution >= 0.6 is 0 Å². The summed E-state index contributed by atoms with van der Waals surface area (Å²) in [5.41, 5.74) is 6.32. The molecule has 0 aliphatic heterocycles. The predicted molar refractivity (Wildman–Crippen MR) is 109 cm³/mol. The minimum Gasteiger partial charge on any atom is -0.462 e. The fourth-order valence-corrected chi connectivity index (χ4v) is 2.62. The first-order valence-corrected chi connectivity index (χ1v) is 9.23. The second kappa shape index (κ2) is 11.2. The molecule has 2 aromatic rings. The average Bonchev–Trinajstić information content (AvgIpc) is 2.72. The predicted octanol–water partition coefficient (Wildman–Crippen LogP) is 1.62. The maximum Gasteiger partial charge on any atom is 0.340 e. The van der Waals surface area contributed by atoms with Gasteiger partial charge in [0.15, 0.2) is 6.61 Å². The Morgan fingerprint density at radius 1 is 0.967 bits per heavy atom. The van der Waals surface area contributed by atoms with E-state index in [1.165, 1.54) is 12.1 Å². The number of amides is 3. The zero-order chi connectivity index (χ0) is 21.9. The lowest BCUT2D eigenvalue weighted by Gasteiger charge is -2.17. The van der Waals surface area contributed by atoms with E-state index in [1.54, 1.807) is 43.3 Å². The normalized spacial score (nSPS) is 11.1. The van der Waals surface area contributed by atoms with Gasteiger partial charge in [0, 0.05) is 6.42 Å². The van der Waals surface area contributed by atoms with E-state index in [4.69, 9.17) is 15.2 Å². The van der Waals surface area contributed by atoms with Crippen LogP contribution in [0.25, 0.3) is 0 Å². The van der Waals surface area contributed by atoms with Crippen LogP contribution in [0.5, 0.6) is 0 Å². The quantitative estimate of drug-likeness (QED) is 0.534.